The zero-order valence-electron chi connectivity index (χ0n) is 11.2. The van der Waals surface area contributed by atoms with Crippen molar-refractivity contribution in [3.05, 3.63) is 24.0 Å². The first-order valence-electron chi connectivity index (χ1n) is 6.97. The number of hydrogen-bond acceptors (Lipinski definition) is 3. The Balaban J connectivity index is 1.58. The van der Waals surface area contributed by atoms with Crippen LogP contribution in [0, 0.1) is 5.92 Å². The molecule has 1 aliphatic rings. The maximum absolute atomic E-state index is 9.98. The molecule has 0 aliphatic carbocycles. The highest BCUT2D eigenvalue weighted by Crippen LogP contribution is 2.15. The number of nitrogens with zero attached hydrogens (tertiary/aromatic N) is 1. The molecule has 4 nitrogen and oxygen atoms in total. The molecular weight excluding hydrogens is 226 g/mol. The van der Waals surface area contributed by atoms with E-state index in [1.165, 1.54) is 18.4 Å². The van der Waals surface area contributed by atoms with E-state index in [1.807, 2.05) is 18.5 Å². The molecule has 0 saturated carbocycles. The molecule has 0 radical (unpaired) electrons. The van der Waals surface area contributed by atoms with E-state index in [1.54, 1.807) is 0 Å². The first-order chi connectivity index (χ1) is 8.74. The Morgan fingerprint density at radius 3 is 2.94 bits per heavy atom. The highest BCUT2D eigenvalue weighted by Gasteiger charge is 2.17. The molecule has 2 rings (SSSR count). The van der Waals surface area contributed by atoms with Gasteiger partial charge in [0, 0.05) is 32.0 Å². The number of rotatable bonds is 6. The first-order valence-corrected chi connectivity index (χ1v) is 6.97. The number of piperidine rings is 1. The number of H-pyrrole nitrogens is 1. The average Bonchev–Trinajstić information content (AvgIpc) is 2.85. The summed E-state index contributed by atoms with van der Waals surface area (Å²) in [5.41, 5.74) is 1.23. The number of likely N-dealkylation sites (tertiary alicyclic amines) is 1. The lowest BCUT2D eigenvalue weighted by Crippen LogP contribution is -2.41. The second kappa shape index (κ2) is 6.92. The van der Waals surface area contributed by atoms with Crippen LogP contribution in [0.3, 0.4) is 0 Å². The molecule has 2 heterocycles. The van der Waals surface area contributed by atoms with E-state index in [4.69, 9.17) is 0 Å². The van der Waals surface area contributed by atoms with Crippen molar-refractivity contribution in [1.29, 1.82) is 0 Å². The molecule has 0 aromatic carbocycles. The summed E-state index contributed by atoms with van der Waals surface area (Å²) >= 11 is 0. The molecule has 1 aliphatic heterocycles. The topological polar surface area (TPSA) is 51.3 Å². The van der Waals surface area contributed by atoms with E-state index in [9.17, 15) is 5.11 Å². The molecule has 0 spiro atoms. The molecule has 1 fully saturated rings. The summed E-state index contributed by atoms with van der Waals surface area (Å²) in [6.45, 7) is 6.86. The molecular formula is C14H25N3O. The van der Waals surface area contributed by atoms with E-state index < -0.39 is 0 Å². The van der Waals surface area contributed by atoms with Gasteiger partial charge in [0.15, 0.2) is 0 Å². The SMILES string of the molecule is CC1CCN(CC(O)CNCc2cc[nH]c2)CC1. The van der Waals surface area contributed by atoms with Gasteiger partial charge in [-0.1, -0.05) is 6.92 Å². The van der Waals surface area contributed by atoms with Crippen LogP contribution < -0.4 is 5.32 Å². The third kappa shape index (κ3) is 4.44. The lowest BCUT2D eigenvalue weighted by Gasteiger charge is -2.31. The van der Waals surface area contributed by atoms with Crippen molar-refractivity contribution < 1.29 is 5.11 Å². The second-order valence-electron chi connectivity index (χ2n) is 5.49. The van der Waals surface area contributed by atoms with E-state index >= 15 is 0 Å². The van der Waals surface area contributed by atoms with Gasteiger partial charge in [-0.15, -0.1) is 0 Å². The van der Waals surface area contributed by atoms with Gasteiger partial charge in [0.25, 0.3) is 0 Å². The molecule has 3 N–H and O–H groups in total. The van der Waals surface area contributed by atoms with Crippen LogP contribution in [-0.2, 0) is 6.54 Å². The number of aliphatic hydroxyl groups is 1. The van der Waals surface area contributed by atoms with Crippen LogP contribution in [0.2, 0.25) is 0 Å². The van der Waals surface area contributed by atoms with Gasteiger partial charge in [0.2, 0.25) is 0 Å². The van der Waals surface area contributed by atoms with Crippen molar-refractivity contribution in [1.82, 2.24) is 15.2 Å². The Kier molecular flexibility index (Phi) is 5.23. The number of hydrogen-bond donors (Lipinski definition) is 3. The van der Waals surface area contributed by atoms with E-state index in [0.29, 0.717) is 6.54 Å². The number of aromatic amines is 1. The van der Waals surface area contributed by atoms with E-state index in [0.717, 1.165) is 32.1 Å². The summed E-state index contributed by atoms with van der Waals surface area (Å²) in [6.07, 6.45) is 6.16. The lowest BCUT2D eigenvalue weighted by molar-refractivity contribution is 0.0907. The highest BCUT2D eigenvalue weighted by molar-refractivity contribution is 5.07. The van der Waals surface area contributed by atoms with Crippen LogP contribution in [0.4, 0.5) is 0 Å². The molecule has 1 unspecified atom stereocenters. The van der Waals surface area contributed by atoms with Crippen LogP contribution in [0.5, 0.6) is 0 Å². The normalized spacial score (nSPS) is 20.1. The van der Waals surface area contributed by atoms with E-state index in [2.05, 4.69) is 22.1 Å². The highest BCUT2D eigenvalue weighted by atomic mass is 16.3. The quantitative estimate of drug-likeness (QED) is 0.712. The van der Waals surface area contributed by atoms with Gasteiger partial charge >= 0.3 is 0 Å². The maximum Gasteiger partial charge on any atom is 0.0791 e. The zero-order valence-corrected chi connectivity index (χ0v) is 11.2. The van der Waals surface area contributed by atoms with Crippen LogP contribution in [0.1, 0.15) is 25.3 Å². The average molecular weight is 251 g/mol. The number of aromatic nitrogens is 1. The third-order valence-electron chi connectivity index (χ3n) is 3.72. The fourth-order valence-electron chi connectivity index (χ4n) is 2.46. The summed E-state index contributed by atoms with van der Waals surface area (Å²) in [6, 6.07) is 2.05. The molecule has 4 heteroatoms. The molecule has 1 atom stereocenters. The standard InChI is InChI=1S/C14H25N3O/c1-12-3-6-17(7-4-12)11-14(18)10-16-9-13-2-5-15-8-13/h2,5,8,12,14-16,18H,3-4,6-7,9-11H2,1H3. The van der Waals surface area contributed by atoms with Crippen LogP contribution in [0.15, 0.2) is 18.5 Å². The minimum absolute atomic E-state index is 0.266. The van der Waals surface area contributed by atoms with Crippen molar-refractivity contribution in [3.63, 3.8) is 0 Å². The molecule has 1 saturated heterocycles. The van der Waals surface area contributed by atoms with Gasteiger partial charge in [-0.25, -0.2) is 0 Å². The fraction of sp³-hybridized carbons (Fsp3) is 0.714. The van der Waals surface area contributed by atoms with Crippen LogP contribution >= 0.6 is 0 Å². The molecule has 0 amide bonds. The van der Waals surface area contributed by atoms with Gasteiger partial charge in [-0.05, 0) is 43.5 Å². The van der Waals surface area contributed by atoms with Gasteiger partial charge in [-0.3, -0.25) is 0 Å². The number of aliphatic hydroxyl groups excluding tert-OH is 1. The van der Waals surface area contributed by atoms with Crippen LogP contribution in [0.25, 0.3) is 0 Å². The van der Waals surface area contributed by atoms with Gasteiger partial charge < -0.3 is 20.3 Å². The largest absolute Gasteiger partial charge is 0.390 e. The molecule has 1 aromatic heterocycles. The Labute approximate surface area is 109 Å². The Morgan fingerprint density at radius 2 is 2.28 bits per heavy atom. The van der Waals surface area contributed by atoms with Crippen molar-refractivity contribution in [2.24, 2.45) is 5.92 Å². The second-order valence-corrected chi connectivity index (χ2v) is 5.49. The Bertz CT molecular complexity index is 318. The van der Waals surface area contributed by atoms with Crippen LogP contribution in [-0.4, -0.2) is 47.3 Å². The smallest absolute Gasteiger partial charge is 0.0791 e. The number of β-amino-alcohol motifs (C(OH)–C–C–N with tert-alkyl or cyclic N) is 1. The predicted octanol–water partition coefficient (Wildman–Crippen LogP) is 1.20. The van der Waals surface area contributed by atoms with E-state index in [-0.39, 0.29) is 6.10 Å². The Morgan fingerprint density at radius 1 is 1.50 bits per heavy atom. The fourth-order valence-corrected chi connectivity index (χ4v) is 2.46. The molecule has 102 valence electrons. The van der Waals surface area contributed by atoms with Gasteiger partial charge in [-0.2, -0.15) is 0 Å². The van der Waals surface area contributed by atoms with Gasteiger partial charge in [0.05, 0.1) is 6.10 Å². The third-order valence-corrected chi connectivity index (χ3v) is 3.72. The van der Waals surface area contributed by atoms with Gasteiger partial charge in [0.1, 0.15) is 0 Å². The predicted molar refractivity (Wildman–Crippen MR) is 73.3 cm³/mol. The molecule has 18 heavy (non-hydrogen) atoms. The molecule has 0 bridgehead atoms. The Hall–Kier alpha value is -0.840. The first kappa shape index (κ1) is 13.6. The van der Waals surface area contributed by atoms with Crippen molar-refractivity contribution >= 4 is 0 Å². The van der Waals surface area contributed by atoms with Crippen molar-refractivity contribution in [3.8, 4) is 0 Å². The summed E-state index contributed by atoms with van der Waals surface area (Å²) in [5, 5.41) is 13.3. The molecule has 1 aromatic rings. The maximum atomic E-state index is 9.98. The summed E-state index contributed by atoms with van der Waals surface area (Å²) in [5.74, 6) is 0.852. The van der Waals surface area contributed by atoms with Crippen molar-refractivity contribution in [2.75, 3.05) is 26.2 Å². The summed E-state index contributed by atoms with van der Waals surface area (Å²) in [4.78, 5) is 5.40. The summed E-state index contributed by atoms with van der Waals surface area (Å²) in [7, 11) is 0. The minimum atomic E-state index is -0.266. The lowest BCUT2D eigenvalue weighted by atomic mass is 9.99. The monoisotopic (exact) mass is 251 g/mol. The van der Waals surface area contributed by atoms with Crippen molar-refractivity contribution in [2.45, 2.75) is 32.4 Å². The zero-order chi connectivity index (χ0) is 12.8. The summed E-state index contributed by atoms with van der Waals surface area (Å²) < 4.78 is 0. The minimum Gasteiger partial charge on any atom is -0.390 e. The number of nitrogens with one attached hydrogen (secondary N) is 2.